The maximum atomic E-state index is 12.8. The van der Waals surface area contributed by atoms with Crippen molar-refractivity contribution in [3.05, 3.63) is 34.9 Å². The molecule has 25 heavy (non-hydrogen) atoms. The molecule has 0 aliphatic carbocycles. The molecule has 2 rings (SSSR count). The summed E-state index contributed by atoms with van der Waals surface area (Å²) in [6.45, 7) is 2.42. The van der Waals surface area contributed by atoms with Crippen molar-refractivity contribution in [3.63, 3.8) is 0 Å². The fourth-order valence-corrected chi connectivity index (χ4v) is 2.70. The molecule has 9 heteroatoms. The predicted octanol–water partition coefficient (Wildman–Crippen LogP) is 3.94. The number of amides is 1. The Morgan fingerprint density at radius 1 is 0.920 bits per heavy atom. The van der Waals surface area contributed by atoms with Crippen LogP contribution in [-0.2, 0) is 12.4 Å². The number of likely N-dealkylation sites (tertiary alicyclic amines) is 1. The van der Waals surface area contributed by atoms with Gasteiger partial charge in [-0.2, -0.15) is 26.3 Å². The van der Waals surface area contributed by atoms with Crippen molar-refractivity contribution in [2.45, 2.75) is 31.6 Å². The van der Waals surface area contributed by atoms with Gasteiger partial charge in [-0.25, -0.2) is 0 Å². The van der Waals surface area contributed by atoms with E-state index in [0.717, 1.165) is 32.4 Å². The van der Waals surface area contributed by atoms with Crippen molar-refractivity contribution in [1.82, 2.24) is 10.2 Å². The maximum Gasteiger partial charge on any atom is 0.416 e. The number of benzene rings is 1. The molecule has 1 aromatic carbocycles. The van der Waals surface area contributed by atoms with Crippen molar-refractivity contribution in [2.24, 2.45) is 0 Å². The normalized spacial score (nSPS) is 16.7. The Bertz CT molecular complexity index is 573. The van der Waals surface area contributed by atoms with Gasteiger partial charge in [-0.3, -0.25) is 4.79 Å². The Balaban J connectivity index is 2.09. The average molecular weight is 368 g/mol. The summed E-state index contributed by atoms with van der Waals surface area (Å²) in [6.07, 6.45) is -6.73. The van der Waals surface area contributed by atoms with Crippen molar-refractivity contribution >= 4 is 5.91 Å². The van der Waals surface area contributed by atoms with E-state index in [2.05, 4.69) is 10.2 Å². The van der Waals surface area contributed by atoms with Gasteiger partial charge in [0, 0.05) is 18.7 Å². The second-order valence-corrected chi connectivity index (χ2v) is 5.95. The van der Waals surface area contributed by atoms with Crippen LogP contribution in [0.4, 0.5) is 26.3 Å². The van der Waals surface area contributed by atoms with E-state index < -0.39 is 35.0 Å². The summed E-state index contributed by atoms with van der Waals surface area (Å²) in [5, 5.41) is 2.39. The summed E-state index contributed by atoms with van der Waals surface area (Å²) in [7, 11) is 0. The monoisotopic (exact) mass is 368 g/mol. The highest BCUT2D eigenvalue weighted by molar-refractivity contribution is 5.94. The van der Waals surface area contributed by atoms with Crippen LogP contribution in [0.15, 0.2) is 18.2 Å². The molecule has 1 heterocycles. The van der Waals surface area contributed by atoms with Gasteiger partial charge >= 0.3 is 12.4 Å². The van der Waals surface area contributed by atoms with Crippen molar-refractivity contribution in [3.8, 4) is 0 Å². The van der Waals surface area contributed by atoms with Gasteiger partial charge in [0.05, 0.1) is 11.1 Å². The number of halogens is 6. The Kier molecular flexibility index (Phi) is 5.97. The summed E-state index contributed by atoms with van der Waals surface area (Å²) in [4.78, 5) is 14.1. The topological polar surface area (TPSA) is 32.3 Å². The van der Waals surface area contributed by atoms with Crippen LogP contribution in [-0.4, -0.2) is 37.0 Å². The van der Waals surface area contributed by atoms with Crippen LogP contribution in [0.25, 0.3) is 0 Å². The SMILES string of the molecule is O=C(NCCN1CCCCC1)c1cc(C(F)(F)F)cc(C(F)(F)F)c1. The maximum absolute atomic E-state index is 12.8. The number of alkyl halides is 6. The number of hydrogen-bond acceptors (Lipinski definition) is 2. The standard InChI is InChI=1S/C16H18F6N2O/c17-15(18,19)12-8-11(9-13(10-12)16(20,21)22)14(25)23-4-7-24-5-2-1-3-6-24/h8-10H,1-7H2,(H,23,25). The van der Waals surface area contributed by atoms with E-state index in [4.69, 9.17) is 0 Å². The van der Waals surface area contributed by atoms with Crippen LogP contribution in [0.2, 0.25) is 0 Å². The number of carbonyl (C=O) groups is 1. The highest BCUT2D eigenvalue weighted by Crippen LogP contribution is 2.36. The lowest BCUT2D eigenvalue weighted by Crippen LogP contribution is -2.37. The molecule has 1 saturated heterocycles. The molecule has 1 aromatic rings. The Morgan fingerprint density at radius 2 is 1.44 bits per heavy atom. The van der Waals surface area contributed by atoms with Gasteiger partial charge in [-0.05, 0) is 44.1 Å². The Morgan fingerprint density at radius 3 is 1.92 bits per heavy atom. The second-order valence-electron chi connectivity index (χ2n) is 5.95. The lowest BCUT2D eigenvalue weighted by atomic mass is 10.0. The molecule has 1 aliphatic heterocycles. The van der Waals surface area contributed by atoms with E-state index in [-0.39, 0.29) is 12.6 Å². The van der Waals surface area contributed by atoms with E-state index in [0.29, 0.717) is 18.7 Å². The number of hydrogen-bond donors (Lipinski definition) is 1. The third-order valence-electron chi connectivity index (χ3n) is 4.01. The van der Waals surface area contributed by atoms with E-state index in [1.165, 1.54) is 0 Å². The lowest BCUT2D eigenvalue weighted by Gasteiger charge is -2.26. The molecule has 140 valence electrons. The van der Waals surface area contributed by atoms with Crippen LogP contribution in [0.1, 0.15) is 40.7 Å². The predicted molar refractivity (Wildman–Crippen MR) is 79.1 cm³/mol. The van der Waals surface area contributed by atoms with E-state index in [1.54, 1.807) is 0 Å². The fourth-order valence-electron chi connectivity index (χ4n) is 2.70. The number of piperidine rings is 1. The molecule has 0 saturated carbocycles. The quantitative estimate of drug-likeness (QED) is 0.817. The van der Waals surface area contributed by atoms with Crippen LogP contribution in [0.5, 0.6) is 0 Å². The highest BCUT2D eigenvalue weighted by atomic mass is 19.4. The fraction of sp³-hybridized carbons (Fsp3) is 0.562. The molecule has 0 bridgehead atoms. The third-order valence-corrected chi connectivity index (χ3v) is 4.01. The van der Waals surface area contributed by atoms with Crippen molar-refractivity contribution in [2.75, 3.05) is 26.2 Å². The van der Waals surface area contributed by atoms with Gasteiger partial charge in [0.15, 0.2) is 0 Å². The van der Waals surface area contributed by atoms with Gasteiger partial charge in [-0.15, -0.1) is 0 Å². The Labute approximate surface area is 141 Å². The summed E-state index contributed by atoms with van der Waals surface area (Å²) in [6, 6.07) is 0.876. The molecule has 0 atom stereocenters. The first kappa shape index (κ1) is 19.6. The molecule has 1 fully saturated rings. The lowest BCUT2D eigenvalue weighted by molar-refractivity contribution is -0.143. The average Bonchev–Trinajstić information content (AvgIpc) is 2.53. The van der Waals surface area contributed by atoms with E-state index in [9.17, 15) is 31.1 Å². The summed E-state index contributed by atoms with van der Waals surface area (Å²) >= 11 is 0. The number of carbonyl (C=O) groups excluding carboxylic acids is 1. The molecule has 3 nitrogen and oxygen atoms in total. The zero-order valence-corrected chi connectivity index (χ0v) is 13.3. The van der Waals surface area contributed by atoms with E-state index in [1.807, 2.05) is 0 Å². The minimum atomic E-state index is -4.97. The van der Waals surface area contributed by atoms with Crippen LogP contribution in [0.3, 0.4) is 0 Å². The molecule has 0 spiro atoms. The zero-order chi connectivity index (χ0) is 18.7. The van der Waals surface area contributed by atoms with Gasteiger partial charge in [0.2, 0.25) is 0 Å². The smallest absolute Gasteiger partial charge is 0.351 e. The molecule has 1 amide bonds. The largest absolute Gasteiger partial charge is 0.416 e. The molecule has 1 aliphatic rings. The molecule has 0 aromatic heterocycles. The van der Waals surface area contributed by atoms with Gasteiger partial charge in [0.25, 0.3) is 5.91 Å². The van der Waals surface area contributed by atoms with E-state index >= 15 is 0 Å². The highest BCUT2D eigenvalue weighted by Gasteiger charge is 2.37. The van der Waals surface area contributed by atoms with Crippen LogP contribution in [0, 0.1) is 0 Å². The van der Waals surface area contributed by atoms with Crippen LogP contribution >= 0.6 is 0 Å². The second kappa shape index (κ2) is 7.63. The molecule has 0 radical (unpaired) electrons. The van der Waals surface area contributed by atoms with Gasteiger partial charge < -0.3 is 10.2 Å². The zero-order valence-electron chi connectivity index (χ0n) is 13.3. The van der Waals surface area contributed by atoms with Crippen molar-refractivity contribution < 1.29 is 31.1 Å². The third kappa shape index (κ3) is 5.62. The van der Waals surface area contributed by atoms with Crippen molar-refractivity contribution in [1.29, 1.82) is 0 Å². The number of nitrogens with zero attached hydrogens (tertiary/aromatic N) is 1. The summed E-state index contributed by atoms with van der Waals surface area (Å²) < 4.78 is 76.7. The molecule has 1 N–H and O–H groups in total. The summed E-state index contributed by atoms with van der Waals surface area (Å²) in [5.74, 6) is -0.950. The molecular weight excluding hydrogens is 350 g/mol. The minimum absolute atomic E-state index is 0.00448. The number of nitrogens with one attached hydrogen (secondary N) is 1. The first-order valence-corrected chi connectivity index (χ1v) is 7.87. The first-order chi connectivity index (χ1) is 11.6. The minimum Gasteiger partial charge on any atom is -0.351 e. The molecular formula is C16H18F6N2O. The van der Waals surface area contributed by atoms with Gasteiger partial charge in [-0.1, -0.05) is 6.42 Å². The molecule has 0 unspecified atom stereocenters. The summed E-state index contributed by atoms with van der Waals surface area (Å²) in [5.41, 5.74) is -3.65. The number of rotatable bonds is 4. The van der Waals surface area contributed by atoms with Crippen LogP contribution < -0.4 is 5.32 Å². The van der Waals surface area contributed by atoms with Gasteiger partial charge in [0.1, 0.15) is 0 Å². The first-order valence-electron chi connectivity index (χ1n) is 7.87. The Hall–Kier alpha value is -1.77.